The highest BCUT2D eigenvalue weighted by Gasteiger charge is 2.16. The van der Waals surface area contributed by atoms with Gasteiger partial charge >= 0.3 is 0 Å². The van der Waals surface area contributed by atoms with Crippen LogP contribution >= 0.6 is 0 Å². The van der Waals surface area contributed by atoms with Gasteiger partial charge in [-0.25, -0.2) is 0 Å². The lowest BCUT2D eigenvalue weighted by Gasteiger charge is -2.18. The fourth-order valence-corrected chi connectivity index (χ4v) is 3.51. The molecule has 4 nitrogen and oxygen atoms in total. The van der Waals surface area contributed by atoms with E-state index in [1.54, 1.807) is 19.2 Å². The van der Waals surface area contributed by atoms with Crippen LogP contribution in [0, 0.1) is 13.8 Å². The van der Waals surface area contributed by atoms with E-state index in [-0.39, 0.29) is 5.75 Å². The molecule has 0 atom stereocenters. The van der Waals surface area contributed by atoms with Gasteiger partial charge in [-0.2, -0.15) is 0 Å². The number of aryl methyl sites for hydroxylation is 1. The van der Waals surface area contributed by atoms with Crippen LogP contribution in [0.5, 0.6) is 17.2 Å². The zero-order chi connectivity index (χ0) is 21.8. The highest BCUT2D eigenvalue weighted by molar-refractivity contribution is 5.88. The molecule has 0 spiro atoms. The smallest absolute Gasteiger partial charge is 0.161 e. The van der Waals surface area contributed by atoms with Crippen molar-refractivity contribution in [1.29, 1.82) is 0 Å². The molecule has 3 rings (SSSR count). The first-order valence-corrected chi connectivity index (χ1v) is 9.95. The lowest BCUT2D eigenvalue weighted by Crippen LogP contribution is -2.01. The van der Waals surface area contributed by atoms with Crippen LogP contribution in [-0.2, 0) is 0 Å². The summed E-state index contributed by atoms with van der Waals surface area (Å²) in [6.07, 6.45) is 2.03. The van der Waals surface area contributed by atoms with Crippen LogP contribution in [0.25, 0.3) is 22.3 Å². The van der Waals surface area contributed by atoms with Gasteiger partial charge in [0.05, 0.1) is 7.11 Å². The number of nitrogen functional groups attached to an aromatic ring is 1. The molecular weight excluding hydrogens is 374 g/mol. The van der Waals surface area contributed by atoms with Crippen LogP contribution in [0.1, 0.15) is 25.0 Å². The van der Waals surface area contributed by atoms with E-state index < -0.39 is 0 Å². The molecule has 0 saturated heterocycles. The number of allylic oxidation sites excluding steroid dienone is 1. The number of hydrogen-bond donors (Lipinski definition) is 2. The molecule has 0 aliphatic heterocycles. The molecule has 0 saturated carbocycles. The van der Waals surface area contributed by atoms with E-state index in [4.69, 9.17) is 15.2 Å². The molecule has 0 aliphatic rings. The fraction of sp³-hybridized carbons (Fsp3) is 0.231. The van der Waals surface area contributed by atoms with E-state index in [2.05, 4.69) is 13.0 Å². The molecule has 3 aromatic carbocycles. The summed E-state index contributed by atoms with van der Waals surface area (Å²) in [6, 6.07) is 15.2. The van der Waals surface area contributed by atoms with E-state index in [9.17, 15) is 5.11 Å². The van der Waals surface area contributed by atoms with E-state index in [1.807, 2.05) is 57.2 Å². The van der Waals surface area contributed by atoms with Crippen molar-refractivity contribution in [3.05, 3.63) is 71.3 Å². The second-order valence-electron chi connectivity index (χ2n) is 7.66. The van der Waals surface area contributed by atoms with Gasteiger partial charge in [0.2, 0.25) is 0 Å². The van der Waals surface area contributed by atoms with Crippen LogP contribution < -0.4 is 15.2 Å². The van der Waals surface area contributed by atoms with Crippen LogP contribution in [0.15, 0.2) is 60.2 Å². The van der Waals surface area contributed by atoms with Gasteiger partial charge in [-0.05, 0) is 85.9 Å². The lowest BCUT2D eigenvalue weighted by atomic mass is 9.89. The summed E-state index contributed by atoms with van der Waals surface area (Å²) >= 11 is 0. The topological polar surface area (TPSA) is 64.7 Å². The van der Waals surface area contributed by atoms with Gasteiger partial charge in [-0.1, -0.05) is 29.8 Å². The van der Waals surface area contributed by atoms with Crippen molar-refractivity contribution < 1.29 is 14.6 Å². The Labute approximate surface area is 178 Å². The summed E-state index contributed by atoms with van der Waals surface area (Å²) in [5.74, 6) is 1.62. The third kappa shape index (κ3) is 4.43. The molecule has 0 aromatic heterocycles. The molecule has 0 amide bonds. The zero-order valence-electron chi connectivity index (χ0n) is 18.2. The maximum absolute atomic E-state index is 9.58. The Bertz CT molecular complexity index is 1080. The molecule has 0 radical (unpaired) electrons. The van der Waals surface area contributed by atoms with Gasteiger partial charge in [0, 0.05) is 11.3 Å². The third-order valence-electron chi connectivity index (χ3n) is 5.19. The lowest BCUT2D eigenvalue weighted by molar-refractivity contribution is 0.326. The highest BCUT2D eigenvalue weighted by atomic mass is 16.5. The Morgan fingerprint density at radius 2 is 1.63 bits per heavy atom. The van der Waals surface area contributed by atoms with Gasteiger partial charge in [0.1, 0.15) is 12.4 Å². The number of anilines is 1. The first-order chi connectivity index (χ1) is 14.3. The summed E-state index contributed by atoms with van der Waals surface area (Å²) in [6.45, 7) is 8.66. The first-order valence-electron chi connectivity index (χ1n) is 9.95. The summed E-state index contributed by atoms with van der Waals surface area (Å²) in [4.78, 5) is 0. The van der Waals surface area contributed by atoms with Crippen molar-refractivity contribution in [2.75, 3.05) is 19.5 Å². The molecule has 3 N–H and O–H groups in total. The van der Waals surface area contributed by atoms with Gasteiger partial charge < -0.3 is 20.3 Å². The minimum absolute atomic E-state index is 0.247. The Morgan fingerprint density at radius 3 is 2.27 bits per heavy atom. The minimum Gasteiger partial charge on any atom is -0.508 e. The van der Waals surface area contributed by atoms with Crippen molar-refractivity contribution >= 4 is 5.69 Å². The predicted molar refractivity (Wildman–Crippen MR) is 124 cm³/mol. The number of aromatic hydroxyl groups is 1. The Kier molecular flexibility index (Phi) is 6.36. The van der Waals surface area contributed by atoms with Gasteiger partial charge in [-0.3, -0.25) is 0 Å². The summed E-state index contributed by atoms with van der Waals surface area (Å²) < 4.78 is 11.4. The Balaban J connectivity index is 2.02. The standard InChI is InChI=1S/C26H29NO3/c1-16(2)12-13-30-23-11-8-20(15-24(23)29-5)25-17(3)14-22(18(4)26(25)27)19-6-9-21(28)10-7-19/h6-12,14-15,28H,13,27H2,1-5H3. The van der Waals surface area contributed by atoms with Gasteiger partial charge in [0.15, 0.2) is 11.5 Å². The van der Waals surface area contributed by atoms with Crippen molar-refractivity contribution in [2.45, 2.75) is 27.7 Å². The van der Waals surface area contributed by atoms with Crippen LogP contribution in [0.3, 0.4) is 0 Å². The van der Waals surface area contributed by atoms with E-state index in [0.29, 0.717) is 18.1 Å². The largest absolute Gasteiger partial charge is 0.508 e. The van der Waals surface area contributed by atoms with Gasteiger partial charge in [0.25, 0.3) is 0 Å². The number of benzene rings is 3. The molecule has 0 unspecified atom stereocenters. The van der Waals surface area contributed by atoms with Crippen molar-refractivity contribution in [3.8, 4) is 39.5 Å². The van der Waals surface area contributed by atoms with Crippen LogP contribution in [-0.4, -0.2) is 18.8 Å². The fourth-order valence-electron chi connectivity index (χ4n) is 3.51. The molecule has 0 fully saturated rings. The molecule has 0 bridgehead atoms. The van der Waals surface area contributed by atoms with Crippen molar-refractivity contribution in [3.63, 3.8) is 0 Å². The zero-order valence-corrected chi connectivity index (χ0v) is 18.2. The third-order valence-corrected chi connectivity index (χ3v) is 5.19. The Hall–Kier alpha value is -3.40. The molecule has 0 heterocycles. The highest BCUT2D eigenvalue weighted by Crippen LogP contribution is 2.41. The molecule has 3 aromatic rings. The Morgan fingerprint density at radius 1 is 0.967 bits per heavy atom. The maximum atomic E-state index is 9.58. The molecular formula is C26H29NO3. The number of phenolic OH excluding ortho intramolecular Hbond substituents is 1. The average Bonchev–Trinajstić information content (AvgIpc) is 2.72. The molecule has 4 heteroatoms. The number of nitrogens with two attached hydrogens (primary N) is 1. The maximum Gasteiger partial charge on any atom is 0.161 e. The average molecular weight is 404 g/mol. The normalized spacial score (nSPS) is 10.6. The van der Waals surface area contributed by atoms with E-state index in [0.717, 1.165) is 39.1 Å². The van der Waals surface area contributed by atoms with Gasteiger partial charge in [-0.15, -0.1) is 0 Å². The first kappa shape index (κ1) is 21.3. The molecule has 156 valence electrons. The number of phenols is 1. The predicted octanol–water partition coefficient (Wildman–Crippen LogP) is 6.28. The van der Waals surface area contributed by atoms with Crippen LogP contribution in [0.2, 0.25) is 0 Å². The molecule has 0 aliphatic carbocycles. The van der Waals surface area contributed by atoms with E-state index >= 15 is 0 Å². The number of ether oxygens (including phenoxy) is 2. The van der Waals surface area contributed by atoms with Crippen molar-refractivity contribution in [1.82, 2.24) is 0 Å². The summed E-state index contributed by atoms with van der Waals surface area (Å²) in [5.41, 5.74) is 14.7. The van der Waals surface area contributed by atoms with Crippen molar-refractivity contribution in [2.24, 2.45) is 0 Å². The number of hydrogen-bond acceptors (Lipinski definition) is 4. The SMILES string of the molecule is COc1cc(-c2c(C)cc(-c3ccc(O)cc3)c(C)c2N)ccc1OCC=C(C)C. The summed E-state index contributed by atoms with van der Waals surface area (Å²) in [7, 11) is 1.64. The number of rotatable bonds is 6. The second kappa shape index (κ2) is 8.95. The minimum atomic E-state index is 0.247. The second-order valence-corrected chi connectivity index (χ2v) is 7.66. The van der Waals surface area contributed by atoms with Crippen LogP contribution in [0.4, 0.5) is 5.69 Å². The summed E-state index contributed by atoms with van der Waals surface area (Å²) in [5, 5.41) is 9.58. The quantitative estimate of drug-likeness (QED) is 0.375. The monoisotopic (exact) mass is 403 g/mol. The number of methoxy groups -OCH3 is 1. The molecule has 30 heavy (non-hydrogen) atoms. The van der Waals surface area contributed by atoms with E-state index in [1.165, 1.54) is 5.57 Å².